The predicted octanol–water partition coefficient (Wildman–Crippen LogP) is 29.1. The molecule has 22 aromatic rings. The number of aryl methyl sites for hydroxylation is 2. The number of fused-ring (bicyclic) bond motifs is 34. The van der Waals surface area contributed by atoms with Gasteiger partial charge in [0, 0.05) is 34.5 Å². The van der Waals surface area contributed by atoms with Crippen molar-refractivity contribution in [3.05, 3.63) is 562 Å². The second-order valence-electron chi connectivity index (χ2n) is 35.5. The zero-order valence-electron chi connectivity index (χ0n) is 72.4. The van der Waals surface area contributed by atoms with Crippen LogP contribution >= 0.6 is 0 Å². The highest BCUT2D eigenvalue weighted by atomic mass is 15.2. The number of benzene rings is 16. The van der Waals surface area contributed by atoms with Crippen molar-refractivity contribution in [1.82, 2.24) is 29.1 Å². The van der Waals surface area contributed by atoms with Gasteiger partial charge in [0.25, 0.3) is 0 Å². The van der Waals surface area contributed by atoms with Crippen LogP contribution in [-0.4, -0.2) is 29.1 Å². The first kappa shape index (κ1) is 75.1. The molecule has 16 aromatic carbocycles. The van der Waals surface area contributed by atoms with E-state index in [0.29, 0.717) is 0 Å². The Bertz CT molecular complexity index is 8100. The number of aromatic nitrogens is 6. The number of rotatable bonds is 6. The first-order valence-electron chi connectivity index (χ1n) is 45.5. The van der Waals surface area contributed by atoms with Crippen LogP contribution in [0, 0.1) is 13.8 Å². The highest BCUT2D eigenvalue weighted by Gasteiger charge is 2.62. The summed E-state index contributed by atoms with van der Waals surface area (Å²) >= 11 is 0. The molecule has 4 spiro atoms. The molecular formula is C122H82N10. The Morgan fingerprint density at radius 1 is 0.182 bits per heavy atom. The summed E-state index contributed by atoms with van der Waals surface area (Å²) in [6.45, 7) is 4.46. The molecule has 4 aliphatic heterocycles. The fraction of sp³-hybridized carbons (Fsp3) is 0.0492. The predicted molar refractivity (Wildman–Crippen MR) is 536 cm³/mol. The first-order valence-corrected chi connectivity index (χ1v) is 45.5. The molecule has 0 unspecified atom stereocenters. The van der Waals surface area contributed by atoms with Gasteiger partial charge in [-0.2, -0.15) is 0 Å². The fourth-order valence-electron chi connectivity index (χ4n) is 24.4. The van der Waals surface area contributed by atoms with Crippen LogP contribution in [0.4, 0.5) is 68.5 Å². The van der Waals surface area contributed by atoms with Gasteiger partial charge in [-0.15, -0.1) is 0 Å². The van der Waals surface area contributed by atoms with Gasteiger partial charge in [0.2, 0.25) is 0 Å². The molecule has 0 radical (unpaired) electrons. The third kappa shape index (κ3) is 10.1. The third-order valence-corrected chi connectivity index (χ3v) is 29.2. The maximum absolute atomic E-state index is 5.37. The Kier molecular flexibility index (Phi) is 16.3. The van der Waals surface area contributed by atoms with Gasteiger partial charge in [-0.3, -0.25) is 19.8 Å². The van der Waals surface area contributed by atoms with Gasteiger partial charge in [0.15, 0.2) is 0 Å². The molecule has 10 heterocycles. The van der Waals surface area contributed by atoms with Crippen LogP contribution in [0.15, 0.2) is 462 Å². The minimum atomic E-state index is -0.687. The van der Waals surface area contributed by atoms with Crippen LogP contribution in [-0.2, 0) is 21.7 Å². The third-order valence-electron chi connectivity index (χ3n) is 29.2. The van der Waals surface area contributed by atoms with Crippen molar-refractivity contribution < 1.29 is 0 Å². The SMILES string of the molecule is Cc1ccc2c(c1)C1(c3cc(C)ccc3N2c2ccc(-n3c4ccccc4c4ncccc43)cn2)c2ccccc2C2(c3ccccc3N(c3ccccc3)c3ccccc32)c2ccccc21.c1ccc(N2c3ccccc3C3(c4ccccc42)c2ccccc2C2(c4ccccc4N(c4ccc(-n5c6ccccc6c6ncccc65)cn4)c4ccccc42)c2ccccc23)cc1. The summed E-state index contributed by atoms with van der Waals surface area (Å²) < 4.78 is 4.55. The lowest BCUT2D eigenvalue weighted by molar-refractivity contribution is 0.607. The molecule has 0 atom stereocenters. The Balaban J connectivity index is 0.000000135. The summed E-state index contributed by atoms with van der Waals surface area (Å²) in [5.74, 6) is 1.71. The topological polar surface area (TPSA) is 74.4 Å². The van der Waals surface area contributed by atoms with E-state index in [9.17, 15) is 0 Å². The average Bonchev–Trinajstić information content (AvgIpc) is 0.709. The second kappa shape index (κ2) is 28.7. The van der Waals surface area contributed by atoms with Gasteiger partial charge in [-0.1, -0.05) is 314 Å². The van der Waals surface area contributed by atoms with Crippen molar-refractivity contribution in [3.63, 3.8) is 0 Å². The first-order chi connectivity index (χ1) is 65.4. The Morgan fingerprint density at radius 3 is 0.735 bits per heavy atom. The second-order valence-corrected chi connectivity index (χ2v) is 35.5. The average molecular weight is 1690 g/mol. The highest BCUT2D eigenvalue weighted by Crippen LogP contribution is 2.71. The lowest BCUT2D eigenvalue weighted by Gasteiger charge is -2.56. The molecule has 28 rings (SSSR count). The Morgan fingerprint density at radius 2 is 0.432 bits per heavy atom. The molecular weight excluding hydrogens is 1610 g/mol. The van der Waals surface area contributed by atoms with E-state index in [1.165, 1.54) is 123 Å². The molecule has 132 heavy (non-hydrogen) atoms. The molecule has 2 aliphatic carbocycles. The van der Waals surface area contributed by atoms with Crippen LogP contribution in [0.25, 0.3) is 55.2 Å². The van der Waals surface area contributed by atoms with Crippen LogP contribution < -0.4 is 19.6 Å². The van der Waals surface area contributed by atoms with Gasteiger partial charge in [-0.05, 0) is 236 Å². The minimum Gasteiger partial charge on any atom is -0.310 e. The van der Waals surface area contributed by atoms with E-state index in [2.05, 4.69) is 467 Å². The fourth-order valence-corrected chi connectivity index (χ4v) is 24.4. The summed E-state index contributed by atoms with van der Waals surface area (Å²) in [6, 6.07) is 161. The monoisotopic (exact) mass is 1690 g/mol. The summed E-state index contributed by atoms with van der Waals surface area (Å²) in [6.07, 6.45) is 7.77. The summed E-state index contributed by atoms with van der Waals surface area (Å²) in [7, 11) is 0. The van der Waals surface area contributed by atoms with E-state index in [1.807, 2.05) is 36.9 Å². The van der Waals surface area contributed by atoms with Crippen molar-refractivity contribution in [1.29, 1.82) is 0 Å². The lowest BCUT2D eigenvalue weighted by Crippen LogP contribution is -2.49. The van der Waals surface area contributed by atoms with E-state index in [4.69, 9.17) is 19.9 Å². The van der Waals surface area contributed by atoms with Crippen LogP contribution in [0.2, 0.25) is 0 Å². The van der Waals surface area contributed by atoms with Crippen LogP contribution in [0.3, 0.4) is 0 Å². The number of anilines is 12. The molecule has 0 saturated heterocycles. The van der Waals surface area contributed by atoms with E-state index >= 15 is 0 Å². The largest absolute Gasteiger partial charge is 0.310 e. The van der Waals surface area contributed by atoms with E-state index in [1.54, 1.807) is 0 Å². The number of hydrogen-bond acceptors (Lipinski definition) is 8. The molecule has 0 bridgehead atoms. The Hall–Kier alpha value is -17.1. The molecule has 0 amide bonds. The summed E-state index contributed by atoms with van der Waals surface area (Å²) in [5, 5.41) is 2.25. The molecule has 0 N–H and O–H groups in total. The summed E-state index contributed by atoms with van der Waals surface area (Å²) in [4.78, 5) is 29.9. The molecule has 0 fully saturated rings. The minimum absolute atomic E-state index is 0.627. The zero-order valence-corrected chi connectivity index (χ0v) is 72.4. The number of nitrogens with zero attached hydrogens (tertiary/aromatic N) is 10. The number of hydrogen-bond donors (Lipinski definition) is 0. The van der Waals surface area contributed by atoms with Gasteiger partial charge >= 0.3 is 0 Å². The Labute approximate surface area is 764 Å². The van der Waals surface area contributed by atoms with Gasteiger partial charge in [0.05, 0.1) is 124 Å². The van der Waals surface area contributed by atoms with E-state index in [0.717, 1.165) is 101 Å². The van der Waals surface area contributed by atoms with Crippen molar-refractivity contribution in [2.75, 3.05) is 19.6 Å². The molecule has 6 aromatic heterocycles. The van der Waals surface area contributed by atoms with Crippen molar-refractivity contribution in [3.8, 4) is 11.4 Å². The van der Waals surface area contributed by atoms with Gasteiger partial charge in [-0.25, -0.2) is 9.97 Å². The van der Waals surface area contributed by atoms with Crippen LogP contribution in [0.5, 0.6) is 0 Å². The van der Waals surface area contributed by atoms with Crippen molar-refractivity contribution in [2.45, 2.75) is 35.5 Å². The van der Waals surface area contributed by atoms with Crippen LogP contribution in [0.1, 0.15) is 100 Å². The van der Waals surface area contributed by atoms with E-state index in [-0.39, 0.29) is 0 Å². The van der Waals surface area contributed by atoms with Gasteiger partial charge < -0.3 is 18.9 Å². The van der Waals surface area contributed by atoms with Crippen molar-refractivity contribution >= 4 is 112 Å². The number of pyridine rings is 4. The zero-order chi connectivity index (χ0) is 87.1. The smallest absolute Gasteiger partial charge is 0.137 e. The summed E-state index contributed by atoms with van der Waals surface area (Å²) in [5.41, 5.74) is 39.8. The van der Waals surface area contributed by atoms with E-state index < -0.39 is 21.7 Å². The molecule has 620 valence electrons. The quantitative estimate of drug-likeness (QED) is 0.163. The highest BCUT2D eigenvalue weighted by molar-refractivity contribution is 6.09. The lowest BCUT2D eigenvalue weighted by atomic mass is 9.49. The maximum atomic E-state index is 5.37. The van der Waals surface area contributed by atoms with Gasteiger partial charge in [0.1, 0.15) is 11.6 Å². The molecule has 6 aliphatic rings. The standard InChI is InChI=1S/C62H43N5.C60H39N5/c1-40-30-33-56-51(37-40)62(52-38-41(2)31-34-57(52)67(56)59-35-32-43(39-64-59)66-53-26-13-6-19-44(53)60-58(66)29-16-36-63-60)47-22-9-7-20-45(47)61(46-21-8-10-23-48(46)62)49-24-11-14-27-54(49)65(42-17-4-3-5-18-42)55-28-15-12-25-50(55)61;1-2-19-40(20-3-1)63-52-31-14-9-26-47(52)59(48-27-10-15-32-53(48)63)43-22-5-7-24-45(43)60(46-25-8-6-23-44(46)59)49-28-11-16-33-54(49)65(55-34-17-12-29-50(55)60)57-37-36-41(39-62-57)64-51-30-13-4-21-42(51)58-56(64)35-18-38-61-58/h3-39H,1-2H3;1-39H. The molecule has 10 heteroatoms. The molecule has 0 saturated carbocycles. The molecule has 10 nitrogen and oxygen atoms in total. The van der Waals surface area contributed by atoms with Crippen molar-refractivity contribution in [2.24, 2.45) is 0 Å². The number of para-hydroxylation sites is 10. The maximum Gasteiger partial charge on any atom is 0.137 e. The normalized spacial score (nSPS) is 14.6.